The van der Waals surface area contributed by atoms with Gasteiger partial charge in [0.1, 0.15) is 17.4 Å². The number of hydrogen-bond acceptors (Lipinski definition) is 3. The molecule has 4 nitrogen and oxygen atoms in total. The van der Waals surface area contributed by atoms with Gasteiger partial charge in [0, 0.05) is 5.56 Å². The Bertz CT molecular complexity index is 1070. The molecule has 0 amide bonds. The van der Waals surface area contributed by atoms with Gasteiger partial charge in [-0.25, -0.2) is 9.37 Å². The van der Waals surface area contributed by atoms with Crippen molar-refractivity contribution in [2.45, 2.75) is 13.1 Å². The quantitative estimate of drug-likeness (QED) is 0.534. The molecule has 4 rings (SSSR count). The number of rotatable bonds is 6. The summed E-state index contributed by atoms with van der Waals surface area (Å²) in [5, 5.41) is 3.38. The van der Waals surface area contributed by atoms with Crippen LogP contribution in [0, 0.1) is 5.82 Å². The molecule has 4 aromatic rings. The first-order valence-corrected chi connectivity index (χ1v) is 8.80. The molecule has 0 atom stereocenters. The van der Waals surface area contributed by atoms with Crippen molar-refractivity contribution in [3.8, 4) is 5.75 Å². The Labute approximate surface area is 157 Å². The van der Waals surface area contributed by atoms with Crippen LogP contribution in [-0.4, -0.2) is 16.7 Å². The van der Waals surface area contributed by atoms with Crippen LogP contribution in [0.25, 0.3) is 11.0 Å². The highest BCUT2D eigenvalue weighted by Gasteiger charge is 2.13. The van der Waals surface area contributed by atoms with Crippen LogP contribution in [0.3, 0.4) is 0 Å². The van der Waals surface area contributed by atoms with E-state index in [1.165, 1.54) is 6.07 Å². The molecule has 1 heterocycles. The summed E-state index contributed by atoms with van der Waals surface area (Å²) in [5.74, 6) is 1.40. The summed E-state index contributed by atoms with van der Waals surface area (Å²) < 4.78 is 21.6. The van der Waals surface area contributed by atoms with Crippen molar-refractivity contribution in [2.75, 3.05) is 12.4 Å². The summed E-state index contributed by atoms with van der Waals surface area (Å²) >= 11 is 0. The van der Waals surface area contributed by atoms with Crippen LogP contribution in [0.4, 0.5) is 10.1 Å². The molecule has 1 aromatic heterocycles. The number of ether oxygens (including phenoxy) is 1. The topological polar surface area (TPSA) is 39.1 Å². The number of fused-ring (bicyclic) bond motifs is 1. The van der Waals surface area contributed by atoms with Crippen molar-refractivity contribution in [3.05, 3.63) is 90.0 Å². The summed E-state index contributed by atoms with van der Waals surface area (Å²) in [6.45, 7) is 0.930. The molecule has 0 fully saturated rings. The SMILES string of the molecule is COc1ccccc1NCc1nc2ccccc2n1Cc1ccccc1F. The van der Waals surface area contributed by atoms with Gasteiger partial charge in [0.05, 0.1) is 36.9 Å². The third kappa shape index (κ3) is 3.49. The van der Waals surface area contributed by atoms with Gasteiger partial charge in [0.2, 0.25) is 0 Å². The summed E-state index contributed by atoms with van der Waals surface area (Å²) in [7, 11) is 1.65. The first-order valence-electron chi connectivity index (χ1n) is 8.80. The van der Waals surface area contributed by atoms with E-state index in [1.54, 1.807) is 13.2 Å². The fourth-order valence-corrected chi connectivity index (χ4v) is 3.20. The van der Waals surface area contributed by atoms with E-state index in [9.17, 15) is 4.39 Å². The van der Waals surface area contributed by atoms with Crippen molar-refractivity contribution < 1.29 is 9.13 Å². The van der Waals surface area contributed by atoms with Gasteiger partial charge in [0.15, 0.2) is 0 Å². The van der Waals surface area contributed by atoms with Gasteiger partial charge in [0.25, 0.3) is 0 Å². The zero-order valence-corrected chi connectivity index (χ0v) is 15.0. The molecule has 27 heavy (non-hydrogen) atoms. The summed E-state index contributed by atoms with van der Waals surface area (Å²) in [6.07, 6.45) is 0. The second-order valence-electron chi connectivity index (χ2n) is 6.25. The highest BCUT2D eigenvalue weighted by atomic mass is 19.1. The first-order chi connectivity index (χ1) is 13.3. The van der Waals surface area contributed by atoms with Gasteiger partial charge in [-0.2, -0.15) is 0 Å². The minimum Gasteiger partial charge on any atom is -0.495 e. The molecule has 0 aliphatic heterocycles. The number of halogens is 1. The van der Waals surface area contributed by atoms with Crippen LogP contribution in [0.1, 0.15) is 11.4 Å². The molecule has 5 heteroatoms. The highest BCUT2D eigenvalue weighted by Crippen LogP contribution is 2.25. The molecule has 0 spiro atoms. The largest absolute Gasteiger partial charge is 0.495 e. The lowest BCUT2D eigenvalue weighted by Crippen LogP contribution is -2.11. The number of imidazole rings is 1. The molecule has 0 saturated heterocycles. The van der Waals surface area contributed by atoms with E-state index in [-0.39, 0.29) is 5.82 Å². The Morgan fingerprint density at radius 3 is 2.56 bits per heavy atom. The van der Waals surface area contributed by atoms with Gasteiger partial charge < -0.3 is 14.6 Å². The van der Waals surface area contributed by atoms with E-state index in [1.807, 2.05) is 60.7 Å². The van der Waals surface area contributed by atoms with Gasteiger partial charge in [-0.15, -0.1) is 0 Å². The summed E-state index contributed by atoms with van der Waals surface area (Å²) in [5.41, 5.74) is 3.41. The third-order valence-corrected chi connectivity index (χ3v) is 4.56. The predicted molar refractivity (Wildman–Crippen MR) is 106 cm³/mol. The summed E-state index contributed by atoms with van der Waals surface area (Å²) in [6, 6.07) is 22.5. The smallest absolute Gasteiger partial charge is 0.141 e. The molecule has 0 radical (unpaired) electrons. The molecule has 3 aromatic carbocycles. The van der Waals surface area contributed by atoms with Crippen LogP contribution in [0.2, 0.25) is 0 Å². The number of para-hydroxylation sites is 4. The number of nitrogens with zero attached hydrogens (tertiary/aromatic N) is 2. The van der Waals surface area contributed by atoms with Crippen LogP contribution in [0.15, 0.2) is 72.8 Å². The molecule has 0 saturated carbocycles. The average Bonchev–Trinajstić information content (AvgIpc) is 3.06. The van der Waals surface area contributed by atoms with Gasteiger partial charge in [-0.1, -0.05) is 42.5 Å². The van der Waals surface area contributed by atoms with E-state index >= 15 is 0 Å². The predicted octanol–water partition coefficient (Wildman–Crippen LogP) is 4.84. The monoisotopic (exact) mass is 361 g/mol. The van der Waals surface area contributed by atoms with Gasteiger partial charge in [-0.05, 0) is 30.3 Å². The van der Waals surface area contributed by atoms with Crippen molar-refractivity contribution in [2.24, 2.45) is 0 Å². The molecule has 0 bridgehead atoms. The molecule has 1 N–H and O–H groups in total. The Balaban J connectivity index is 1.69. The molecular formula is C22H20FN3O. The van der Waals surface area contributed by atoms with Crippen LogP contribution in [-0.2, 0) is 13.1 Å². The van der Waals surface area contributed by atoms with E-state index in [0.717, 1.165) is 28.3 Å². The maximum Gasteiger partial charge on any atom is 0.141 e. The Morgan fingerprint density at radius 1 is 0.963 bits per heavy atom. The normalized spacial score (nSPS) is 10.9. The number of nitrogens with one attached hydrogen (secondary N) is 1. The average molecular weight is 361 g/mol. The van der Waals surface area contributed by atoms with Gasteiger partial charge in [-0.3, -0.25) is 0 Å². The molecular weight excluding hydrogens is 341 g/mol. The van der Waals surface area contributed by atoms with Crippen molar-refractivity contribution >= 4 is 16.7 Å². The first kappa shape index (κ1) is 17.1. The van der Waals surface area contributed by atoms with Crippen LogP contribution >= 0.6 is 0 Å². The Hall–Kier alpha value is -3.34. The third-order valence-electron chi connectivity index (χ3n) is 4.56. The maximum atomic E-state index is 14.2. The summed E-state index contributed by atoms with van der Waals surface area (Å²) in [4.78, 5) is 4.75. The molecule has 0 aliphatic rings. The number of anilines is 1. The van der Waals surface area contributed by atoms with Crippen LogP contribution < -0.4 is 10.1 Å². The number of methoxy groups -OCH3 is 1. The Morgan fingerprint density at radius 2 is 1.70 bits per heavy atom. The second kappa shape index (κ2) is 7.50. The fraction of sp³-hybridized carbons (Fsp3) is 0.136. The van der Waals surface area contributed by atoms with Crippen molar-refractivity contribution in [3.63, 3.8) is 0 Å². The zero-order chi connectivity index (χ0) is 18.6. The van der Waals surface area contributed by atoms with E-state index in [2.05, 4.69) is 9.88 Å². The minimum absolute atomic E-state index is 0.209. The van der Waals surface area contributed by atoms with Crippen molar-refractivity contribution in [1.82, 2.24) is 9.55 Å². The lowest BCUT2D eigenvalue weighted by atomic mass is 10.2. The molecule has 136 valence electrons. The van der Waals surface area contributed by atoms with E-state index < -0.39 is 0 Å². The number of benzene rings is 3. The minimum atomic E-state index is -0.209. The fourth-order valence-electron chi connectivity index (χ4n) is 3.20. The Kier molecular flexibility index (Phi) is 4.75. The van der Waals surface area contributed by atoms with E-state index in [4.69, 9.17) is 9.72 Å². The van der Waals surface area contributed by atoms with E-state index in [0.29, 0.717) is 18.7 Å². The molecule has 0 aliphatic carbocycles. The second-order valence-corrected chi connectivity index (χ2v) is 6.25. The lowest BCUT2D eigenvalue weighted by molar-refractivity contribution is 0.416. The van der Waals surface area contributed by atoms with Crippen molar-refractivity contribution in [1.29, 1.82) is 0 Å². The zero-order valence-electron chi connectivity index (χ0n) is 15.0. The number of aromatic nitrogens is 2. The standard InChI is InChI=1S/C22H20FN3O/c1-27-21-13-7-5-11-19(21)24-14-22-25-18-10-4-6-12-20(18)26(22)15-16-8-2-3-9-17(16)23/h2-13,24H,14-15H2,1H3. The number of hydrogen-bond donors (Lipinski definition) is 1. The lowest BCUT2D eigenvalue weighted by Gasteiger charge is -2.13. The highest BCUT2D eigenvalue weighted by molar-refractivity contribution is 5.76. The van der Waals surface area contributed by atoms with Gasteiger partial charge >= 0.3 is 0 Å². The maximum absolute atomic E-state index is 14.2. The van der Waals surface area contributed by atoms with Crippen LogP contribution in [0.5, 0.6) is 5.75 Å². The molecule has 0 unspecified atom stereocenters.